The van der Waals surface area contributed by atoms with Gasteiger partial charge < -0.3 is 5.11 Å². The summed E-state index contributed by atoms with van der Waals surface area (Å²) in [7, 11) is -3.52. The van der Waals surface area contributed by atoms with Crippen molar-refractivity contribution in [2.45, 2.75) is 48.5 Å². The Morgan fingerprint density at radius 3 is 2.10 bits per heavy atom. The molecular weight excluding hydrogens is 278 g/mol. The zero-order chi connectivity index (χ0) is 14.6. The first-order chi connectivity index (χ1) is 9.28. The second-order valence-corrected chi connectivity index (χ2v) is 7.76. The van der Waals surface area contributed by atoms with E-state index in [0.29, 0.717) is 18.4 Å². The van der Waals surface area contributed by atoms with Crippen LogP contribution in [0, 0.1) is 0 Å². The molecule has 0 amide bonds. The van der Waals surface area contributed by atoms with E-state index in [2.05, 4.69) is 4.72 Å². The highest BCUT2D eigenvalue weighted by atomic mass is 32.2. The molecule has 5 nitrogen and oxygen atoms in total. The second kappa shape index (κ2) is 4.05. The molecule has 2 aliphatic rings. The zero-order valence-electron chi connectivity index (χ0n) is 11.2. The standard InChI is InChI=1S/C14H17NO4S/c1-13(6-7-13)15-20(18,19)11-4-2-10(3-5-11)14(8-9-14)12(16)17/h2-5,15H,6-9H2,1H3,(H,16,17). The number of rotatable bonds is 5. The van der Waals surface area contributed by atoms with Crippen molar-refractivity contribution in [3.05, 3.63) is 29.8 Å². The van der Waals surface area contributed by atoms with E-state index in [4.69, 9.17) is 0 Å². The third kappa shape index (κ3) is 2.23. The molecule has 1 aromatic rings. The molecule has 0 saturated heterocycles. The minimum atomic E-state index is -3.52. The molecule has 0 radical (unpaired) electrons. The Kier molecular flexibility index (Phi) is 2.75. The molecular formula is C14H17NO4S. The van der Waals surface area contributed by atoms with Gasteiger partial charge in [0.15, 0.2) is 0 Å². The van der Waals surface area contributed by atoms with Crippen LogP contribution in [0.15, 0.2) is 29.2 Å². The largest absolute Gasteiger partial charge is 0.481 e. The predicted molar refractivity (Wildman–Crippen MR) is 73.0 cm³/mol. The highest BCUT2D eigenvalue weighted by Crippen LogP contribution is 2.48. The quantitative estimate of drug-likeness (QED) is 0.865. The molecule has 108 valence electrons. The minimum Gasteiger partial charge on any atom is -0.481 e. The van der Waals surface area contributed by atoms with Crippen molar-refractivity contribution in [2.24, 2.45) is 0 Å². The van der Waals surface area contributed by atoms with Gasteiger partial charge in [-0.15, -0.1) is 0 Å². The van der Waals surface area contributed by atoms with E-state index < -0.39 is 21.4 Å². The van der Waals surface area contributed by atoms with E-state index >= 15 is 0 Å². The lowest BCUT2D eigenvalue weighted by molar-refractivity contribution is -0.140. The first-order valence-corrected chi connectivity index (χ1v) is 8.14. The van der Waals surface area contributed by atoms with E-state index in [0.717, 1.165) is 12.8 Å². The van der Waals surface area contributed by atoms with Gasteiger partial charge in [0.1, 0.15) is 0 Å². The fraction of sp³-hybridized carbons (Fsp3) is 0.500. The predicted octanol–water partition coefficient (Wildman–Crippen LogP) is 1.63. The van der Waals surface area contributed by atoms with Crippen LogP contribution in [-0.2, 0) is 20.2 Å². The normalized spacial score (nSPS) is 22.2. The first-order valence-electron chi connectivity index (χ1n) is 6.65. The highest BCUT2D eigenvalue weighted by molar-refractivity contribution is 7.89. The Bertz CT molecular complexity index is 655. The van der Waals surface area contributed by atoms with Crippen LogP contribution in [-0.4, -0.2) is 25.0 Å². The van der Waals surface area contributed by atoms with Crippen molar-refractivity contribution >= 4 is 16.0 Å². The summed E-state index contributed by atoms with van der Waals surface area (Å²) in [5.74, 6) is -0.836. The average Bonchev–Trinajstić information content (AvgIpc) is 3.26. The number of nitrogens with one attached hydrogen (secondary N) is 1. The van der Waals surface area contributed by atoms with Gasteiger partial charge in [0.25, 0.3) is 0 Å². The summed E-state index contributed by atoms with van der Waals surface area (Å²) < 4.78 is 27.0. The molecule has 2 N–H and O–H groups in total. The number of carboxylic acids is 1. The lowest BCUT2D eigenvalue weighted by atomic mass is 9.96. The molecule has 2 fully saturated rings. The Hall–Kier alpha value is -1.40. The third-order valence-corrected chi connectivity index (χ3v) is 5.91. The number of sulfonamides is 1. The van der Waals surface area contributed by atoms with Gasteiger partial charge in [-0.05, 0) is 50.3 Å². The minimum absolute atomic E-state index is 0.190. The maximum absolute atomic E-state index is 12.2. The van der Waals surface area contributed by atoms with E-state index in [1.165, 1.54) is 12.1 Å². The Morgan fingerprint density at radius 1 is 1.15 bits per heavy atom. The third-order valence-electron chi connectivity index (χ3n) is 4.26. The van der Waals surface area contributed by atoms with Crippen LogP contribution in [0.1, 0.15) is 38.2 Å². The van der Waals surface area contributed by atoms with Crippen molar-refractivity contribution in [2.75, 3.05) is 0 Å². The maximum atomic E-state index is 12.2. The average molecular weight is 295 g/mol. The second-order valence-electron chi connectivity index (χ2n) is 6.08. The number of benzene rings is 1. The van der Waals surface area contributed by atoms with Crippen LogP contribution in [0.5, 0.6) is 0 Å². The van der Waals surface area contributed by atoms with Gasteiger partial charge in [-0.25, -0.2) is 13.1 Å². The molecule has 0 aromatic heterocycles. The van der Waals surface area contributed by atoms with Crippen molar-refractivity contribution in [3.63, 3.8) is 0 Å². The highest BCUT2D eigenvalue weighted by Gasteiger charge is 2.51. The van der Waals surface area contributed by atoms with Gasteiger partial charge >= 0.3 is 5.97 Å². The van der Waals surface area contributed by atoms with E-state index in [9.17, 15) is 18.3 Å². The number of hydrogen-bond acceptors (Lipinski definition) is 3. The van der Waals surface area contributed by atoms with E-state index in [-0.39, 0.29) is 10.4 Å². The lowest BCUT2D eigenvalue weighted by Gasteiger charge is -2.14. The zero-order valence-corrected chi connectivity index (χ0v) is 12.0. The number of carboxylic acid groups (broad SMARTS) is 1. The Labute approximate surface area is 118 Å². The Balaban J connectivity index is 1.85. The molecule has 0 bridgehead atoms. The van der Waals surface area contributed by atoms with Crippen LogP contribution in [0.4, 0.5) is 0 Å². The van der Waals surface area contributed by atoms with Gasteiger partial charge in [0, 0.05) is 5.54 Å². The molecule has 3 rings (SSSR count). The van der Waals surface area contributed by atoms with Gasteiger partial charge in [0.2, 0.25) is 10.0 Å². The van der Waals surface area contributed by atoms with Crippen LogP contribution >= 0.6 is 0 Å². The van der Waals surface area contributed by atoms with Crippen molar-refractivity contribution in [1.29, 1.82) is 0 Å². The maximum Gasteiger partial charge on any atom is 0.314 e. The topological polar surface area (TPSA) is 83.5 Å². The molecule has 2 saturated carbocycles. The molecule has 0 spiro atoms. The van der Waals surface area contributed by atoms with Crippen LogP contribution in [0.25, 0.3) is 0 Å². The Morgan fingerprint density at radius 2 is 1.70 bits per heavy atom. The molecule has 0 aliphatic heterocycles. The summed E-state index contributed by atoms with van der Waals surface area (Å²) in [5.41, 5.74) is -0.421. The van der Waals surface area contributed by atoms with Gasteiger partial charge in [0.05, 0.1) is 10.3 Å². The van der Waals surface area contributed by atoms with Gasteiger partial charge in [-0.1, -0.05) is 12.1 Å². The molecule has 0 unspecified atom stereocenters. The molecule has 0 atom stereocenters. The van der Waals surface area contributed by atoms with Crippen molar-refractivity contribution in [1.82, 2.24) is 4.72 Å². The first kappa shape index (κ1) is 13.6. The molecule has 0 heterocycles. The fourth-order valence-corrected chi connectivity index (χ4v) is 3.84. The SMILES string of the molecule is CC1(NS(=O)(=O)c2ccc(C3(C(=O)O)CC3)cc2)CC1. The van der Waals surface area contributed by atoms with E-state index in [1.54, 1.807) is 12.1 Å². The van der Waals surface area contributed by atoms with Gasteiger partial charge in [-0.2, -0.15) is 0 Å². The van der Waals surface area contributed by atoms with Crippen molar-refractivity contribution in [3.8, 4) is 0 Å². The fourth-order valence-electron chi connectivity index (χ4n) is 2.38. The summed E-state index contributed by atoms with van der Waals surface area (Å²) in [6, 6.07) is 6.22. The molecule has 2 aliphatic carbocycles. The smallest absolute Gasteiger partial charge is 0.314 e. The van der Waals surface area contributed by atoms with Crippen LogP contribution in [0.2, 0.25) is 0 Å². The van der Waals surface area contributed by atoms with Crippen LogP contribution in [0.3, 0.4) is 0 Å². The van der Waals surface area contributed by atoms with Gasteiger partial charge in [-0.3, -0.25) is 4.79 Å². The summed E-state index contributed by atoms with van der Waals surface area (Å²) in [6.45, 7) is 1.88. The molecule has 6 heteroatoms. The van der Waals surface area contributed by atoms with Crippen molar-refractivity contribution < 1.29 is 18.3 Å². The summed E-state index contributed by atoms with van der Waals surface area (Å²) >= 11 is 0. The van der Waals surface area contributed by atoms with E-state index in [1.807, 2.05) is 6.92 Å². The van der Waals surface area contributed by atoms with Crippen LogP contribution < -0.4 is 4.72 Å². The lowest BCUT2D eigenvalue weighted by Crippen LogP contribution is -2.34. The monoisotopic (exact) mass is 295 g/mol. The summed E-state index contributed by atoms with van der Waals surface area (Å²) in [5, 5.41) is 9.22. The molecule has 1 aromatic carbocycles. The number of aliphatic carboxylic acids is 1. The number of hydrogen-bond donors (Lipinski definition) is 2. The molecule has 20 heavy (non-hydrogen) atoms. The number of carbonyl (C=O) groups is 1. The summed E-state index contributed by atoms with van der Waals surface area (Å²) in [4.78, 5) is 11.4. The summed E-state index contributed by atoms with van der Waals surface area (Å²) in [6.07, 6.45) is 2.94.